The number of likely N-dealkylation sites (N-methyl/N-ethyl adjacent to an activating group) is 1. The summed E-state index contributed by atoms with van der Waals surface area (Å²) in [5.74, 6) is 1.70. The number of methoxy groups -OCH3 is 1. The van der Waals surface area contributed by atoms with Gasteiger partial charge in [0.2, 0.25) is 0 Å². The summed E-state index contributed by atoms with van der Waals surface area (Å²) >= 11 is 0. The Hall–Kier alpha value is -3.06. The number of nitrogens with one attached hydrogen (secondary N) is 1. The van der Waals surface area contributed by atoms with Crippen LogP contribution in [0.2, 0.25) is 0 Å². The zero-order chi connectivity index (χ0) is 21.2. The van der Waals surface area contributed by atoms with Gasteiger partial charge in [-0.05, 0) is 76.0 Å². The van der Waals surface area contributed by atoms with Crippen molar-refractivity contribution in [3.05, 3.63) is 53.6 Å². The molecule has 0 saturated heterocycles. The van der Waals surface area contributed by atoms with Crippen LogP contribution < -0.4 is 19.6 Å². The summed E-state index contributed by atoms with van der Waals surface area (Å²) in [5, 5.41) is 4.02. The van der Waals surface area contributed by atoms with E-state index in [9.17, 15) is 4.79 Å². The average molecular weight is 399 g/mol. The van der Waals surface area contributed by atoms with Crippen LogP contribution in [0.4, 0.5) is 0 Å². The van der Waals surface area contributed by atoms with E-state index in [1.807, 2.05) is 45.0 Å². The van der Waals surface area contributed by atoms with Gasteiger partial charge in [-0.25, -0.2) is 5.43 Å². The Labute approximate surface area is 172 Å². The summed E-state index contributed by atoms with van der Waals surface area (Å²) in [4.78, 5) is 14.3. The van der Waals surface area contributed by atoms with Crippen LogP contribution >= 0.6 is 0 Å². The topological polar surface area (TPSA) is 72.4 Å². The first kappa shape index (κ1) is 22.2. The molecule has 156 valence electrons. The molecule has 0 unspecified atom stereocenters. The molecule has 7 heteroatoms. The summed E-state index contributed by atoms with van der Waals surface area (Å²) in [6, 6.07) is 12.4. The van der Waals surface area contributed by atoms with Crippen LogP contribution in [-0.4, -0.2) is 57.5 Å². The third kappa shape index (κ3) is 7.46. The molecule has 0 aliphatic rings. The fourth-order valence-corrected chi connectivity index (χ4v) is 2.39. The van der Waals surface area contributed by atoms with Gasteiger partial charge in [-0.2, -0.15) is 5.10 Å². The van der Waals surface area contributed by atoms with Crippen molar-refractivity contribution < 1.29 is 19.0 Å². The van der Waals surface area contributed by atoms with Crippen LogP contribution in [0.5, 0.6) is 17.2 Å². The highest BCUT2D eigenvalue weighted by atomic mass is 16.5. The van der Waals surface area contributed by atoms with Crippen molar-refractivity contribution >= 4 is 12.1 Å². The first-order chi connectivity index (χ1) is 13.9. The zero-order valence-electron chi connectivity index (χ0n) is 17.6. The second-order valence-electron chi connectivity index (χ2n) is 6.95. The number of hydrogen-bond acceptors (Lipinski definition) is 6. The van der Waals surface area contributed by atoms with Crippen LogP contribution in [0, 0.1) is 0 Å². The zero-order valence-corrected chi connectivity index (χ0v) is 17.6. The van der Waals surface area contributed by atoms with E-state index in [1.54, 1.807) is 43.7 Å². The minimum atomic E-state index is -0.298. The van der Waals surface area contributed by atoms with E-state index >= 15 is 0 Å². The Balaban J connectivity index is 1.92. The Bertz CT molecular complexity index is 817. The number of rotatable bonds is 10. The van der Waals surface area contributed by atoms with Crippen LogP contribution in [0.25, 0.3) is 0 Å². The maximum absolute atomic E-state index is 12.2. The van der Waals surface area contributed by atoms with Crippen molar-refractivity contribution in [2.45, 2.75) is 20.0 Å². The van der Waals surface area contributed by atoms with E-state index in [1.165, 1.54) is 0 Å². The Morgan fingerprint density at radius 2 is 1.86 bits per heavy atom. The number of hydrogen-bond donors (Lipinski definition) is 1. The number of nitrogens with zero attached hydrogens (tertiary/aromatic N) is 2. The molecular formula is C22H29N3O4. The molecule has 0 atom stereocenters. The molecule has 1 N–H and O–H groups in total. The molecule has 2 rings (SSSR count). The van der Waals surface area contributed by atoms with E-state index < -0.39 is 0 Å². The lowest BCUT2D eigenvalue weighted by Gasteiger charge is -2.13. The molecule has 0 heterocycles. The molecule has 0 fully saturated rings. The third-order valence-corrected chi connectivity index (χ3v) is 3.85. The smallest absolute Gasteiger partial charge is 0.271 e. The van der Waals surface area contributed by atoms with Crippen molar-refractivity contribution in [3.63, 3.8) is 0 Å². The normalized spacial score (nSPS) is 11.1. The predicted octanol–water partition coefficient (Wildman–Crippen LogP) is 3.19. The maximum atomic E-state index is 12.2. The van der Waals surface area contributed by atoms with Crippen molar-refractivity contribution in [3.8, 4) is 17.2 Å². The molecule has 2 aromatic rings. The van der Waals surface area contributed by atoms with Crippen molar-refractivity contribution in [1.29, 1.82) is 0 Å². The van der Waals surface area contributed by atoms with E-state index in [2.05, 4.69) is 10.5 Å². The summed E-state index contributed by atoms with van der Waals surface area (Å²) < 4.78 is 16.7. The average Bonchev–Trinajstić information content (AvgIpc) is 2.68. The fraction of sp³-hybridized carbons (Fsp3) is 0.364. The summed E-state index contributed by atoms with van der Waals surface area (Å²) in [6.45, 7) is 5.32. The van der Waals surface area contributed by atoms with Gasteiger partial charge in [0, 0.05) is 12.1 Å². The lowest BCUT2D eigenvalue weighted by atomic mass is 10.2. The van der Waals surface area contributed by atoms with Crippen LogP contribution in [0.1, 0.15) is 29.8 Å². The van der Waals surface area contributed by atoms with Gasteiger partial charge >= 0.3 is 0 Å². The Morgan fingerprint density at radius 3 is 2.48 bits per heavy atom. The largest absolute Gasteiger partial charge is 0.493 e. The van der Waals surface area contributed by atoms with Gasteiger partial charge < -0.3 is 19.1 Å². The molecule has 2 aromatic carbocycles. The van der Waals surface area contributed by atoms with Gasteiger partial charge in [0.25, 0.3) is 5.91 Å². The van der Waals surface area contributed by atoms with E-state index in [-0.39, 0.29) is 12.0 Å². The van der Waals surface area contributed by atoms with Gasteiger partial charge in [0.1, 0.15) is 12.4 Å². The minimum Gasteiger partial charge on any atom is -0.493 e. The second-order valence-corrected chi connectivity index (χ2v) is 6.95. The first-order valence-corrected chi connectivity index (χ1v) is 9.44. The molecule has 0 aliphatic heterocycles. The molecule has 0 saturated carbocycles. The molecule has 7 nitrogen and oxygen atoms in total. The molecular weight excluding hydrogens is 370 g/mol. The molecule has 0 spiro atoms. The standard InChI is InChI=1S/C22H29N3O4/c1-16(2)29-20-11-6-17(14-21(20)27-5)15-23-24-22(26)18-7-9-19(10-8-18)28-13-12-25(3)4/h6-11,14-16H,12-13H2,1-5H3,(H,24,26)/b23-15+. The number of carbonyl (C=O) groups excluding carboxylic acids is 1. The van der Waals surface area contributed by atoms with Gasteiger partial charge in [-0.3, -0.25) is 4.79 Å². The number of carbonyl (C=O) groups is 1. The minimum absolute atomic E-state index is 0.0486. The number of hydrazone groups is 1. The molecule has 29 heavy (non-hydrogen) atoms. The lowest BCUT2D eigenvalue weighted by molar-refractivity contribution is 0.0955. The van der Waals surface area contributed by atoms with Crippen molar-refractivity contribution in [2.24, 2.45) is 5.10 Å². The lowest BCUT2D eigenvalue weighted by Crippen LogP contribution is -2.19. The van der Waals surface area contributed by atoms with E-state index in [0.29, 0.717) is 23.7 Å². The molecule has 0 aromatic heterocycles. The summed E-state index contributed by atoms with van der Waals surface area (Å²) in [5.41, 5.74) is 3.80. The molecule has 0 radical (unpaired) electrons. The Kier molecular flexibility index (Phi) is 8.48. The molecule has 0 aliphatic carbocycles. The van der Waals surface area contributed by atoms with Gasteiger partial charge in [0.15, 0.2) is 11.5 Å². The highest BCUT2D eigenvalue weighted by Crippen LogP contribution is 2.28. The monoisotopic (exact) mass is 399 g/mol. The van der Waals surface area contributed by atoms with E-state index in [0.717, 1.165) is 17.9 Å². The highest BCUT2D eigenvalue weighted by molar-refractivity contribution is 5.95. The van der Waals surface area contributed by atoms with Crippen molar-refractivity contribution in [1.82, 2.24) is 10.3 Å². The third-order valence-electron chi connectivity index (χ3n) is 3.85. The number of amides is 1. The van der Waals surface area contributed by atoms with Gasteiger partial charge in [-0.1, -0.05) is 0 Å². The van der Waals surface area contributed by atoms with Crippen LogP contribution in [0.3, 0.4) is 0 Å². The first-order valence-electron chi connectivity index (χ1n) is 9.44. The number of benzene rings is 2. The second kappa shape index (κ2) is 11.1. The van der Waals surface area contributed by atoms with Gasteiger partial charge in [0.05, 0.1) is 19.4 Å². The predicted molar refractivity (Wildman–Crippen MR) is 114 cm³/mol. The quantitative estimate of drug-likeness (QED) is 0.491. The van der Waals surface area contributed by atoms with Crippen molar-refractivity contribution in [2.75, 3.05) is 34.4 Å². The molecule has 0 bridgehead atoms. The summed E-state index contributed by atoms with van der Waals surface area (Å²) in [7, 11) is 5.56. The molecule has 1 amide bonds. The Morgan fingerprint density at radius 1 is 1.14 bits per heavy atom. The van der Waals surface area contributed by atoms with E-state index in [4.69, 9.17) is 14.2 Å². The highest BCUT2D eigenvalue weighted by Gasteiger charge is 2.07. The summed E-state index contributed by atoms with van der Waals surface area (Å²) in [6.07, 6.45) is 1.60. The fourth-order valence-electron chi connectivity index (χ4n) is 2.39. The number of ether oxygens (including phenoxy) is 3. The van der Waals surface area contributed by atoms with Crippen LogP contribution in [0.15, 0.2) is 47.6 Å². The van der Waals surface area contributed by atoms with Crippen LogP contribution in [-0.2, 0) is 0 Å². The SMILES string of the molecule is COc1cc(/C=N/NC(=O)c2ccc(OCCN(C)C)cc2)ccc1OC(C)C. The van der Waals surface area contributed by atoms with Gasteiger partial charge in [-0.15, -0.1) is 0 Å². The maximum Gasteiger partial charge on any atom is 0.271 e.